The van der Waals surface area contributed by atoms with Crippen LogP contribution in [-0.2, 0) is 6.54 Å². The highest BCUT2D eigenvalue weighted by atomic mass is 35.5. The lowest BCUT2D eigenvalue weighted by Gasteiger charge is -2.11. The third-order valence-corrected chi connectivity index (χ3v) is 4.19. The molecule has 0 aliphatic heterocycles. The third-order valence-electron chi connectivity index (χ3n) is 3.06. The molecule has 0 saturated carbocycles. The molecule has 0 heterocycles. The predicted molar refractivity (Wildman–Crippen MR) is 91.7 cm³/mol. The van der Waals surface area contributed by atoms with E-state index in [1.807, 2.05) is 48.7 Å². The molecule has 0 spiro atoms. The van der Waals surface area contributed by atoms with Crippen molar-refractivity contribution in [2.75, 3.05) is 12.8 Å². The van der Waals surface area contributed by atoms with Crippen molar-refractivity contribution in [1.29, 1.82) is 0 Å². The minimum Gasteiger partial charge on any atom is -0.456 e. The first-order valence-electron chi connectivity index (χ1n) is 7.04. The average molecular weight is 322 g/mol. The van der Waals surface area contributed by atoms with Crippen molar-refractivity contribution >= 4 is 23.4 Å². The summed E-state index contributed by atoms with van der Waals surface area (Å²) in [6.45, 7) is 3.93. The number of ether oxygens (including phenoxy) is 1. The highest BCUT2D eigenvalue weighted by Gasteiger charge is 2.06. The summed E-state index contributed by atoms with van der Waals surface area (Å²) < 4.78 is 5.94. The number of rotatable bonds is 7. The quantitative estimate of drug-likeness (QED) is 0.548. The SMILES string of the molecule is CCCNCc1ccc(Oc2ccccc2SC)cc1Cl. The van der Waals surface area contributed by atoms with Crippen LogP contribution in [0.4, 0.5) is 0 Å². The normalized spacial score (nSPS) is 10.6. The second-order valence-corrected chi connectivity index (χ2v) is 5.94. The highest BCUT2D eigenvalue weighted by Crippen LogP contribution is 2.32. The number of hydrogen-bond donors (Lipinski definition) is 1. The van der Waals surface area contributed by atoms with E-state index in [1.54, 1.807) is 11.8 Å². The molecule has 112 valence electrons. The summed E-state index contributed by atoms with van der Waals surface area (Å²) in [4.78, 5) is 1.11. The molecule has 0 aliphatic carbocycles. The molecule has 0 unspecified atom stereocenters. The van der Waals surface area contributed by atoms with Gasteiger partial charge in [-0.05, 0) is 49.1 Å². The summed E-state index contributed by atoms with van der Waals surface area (Å²) in [5.74, 6) is 1.62. The lowest BCUT2D eigenvalue weighted by Crippen LogP contribution is -2.13. The van der Waals surface area contributed by atoms with E-state index in [9.17, 15) is 0 Å². The largest absolute Gasteiger partial charge is 0.456 e. The molecular weight excluding hydrogens is 302 g/mol. The Morgan fingerprint density at radius 3 is 2.71 bits per heavy atom. The molecule has 0 atom stereocenters. The van der Waals surface area contributed by atoms with Gasteiger partial charge in [0.25, 0.3) is 0 Å². The fourth-order valence-electron chi connectivity index (χ4n) is 1.96. The molecule has 0 bridgehead atoms. The Kier molecular flexibility index (Phi) is 6.43. The Morgan fingerprint density at radius 2 is 2.00 bits per heavy atom. The van der Waals surface area contributed by atoms with Crippen molar-refractivity contribution in [1.82, 2.24) is 5.32 Å². The third kappa shape index (κ3) is 4.67. The maximum absolute atomic E-state index is 6.32. The van der Waals surface area contributed by atoms with E-state index >= 15 is 0 Å². The van der Waals surface area contributed by atoms with Gasteiger partial charge in [0.1, 0.15) is 11.5 Å². The molecule has 0 aliphatic rings. The van der Waals surface area contributed by atoms with Gasteiger partial charge in [-0.25, -0.2) is 0 Å². The Labute approximate surface area is 135 Å². The van der Waals surface area contributed by atoms with Crippen LogP contribution in [0.3, 0.4) is 0 Å². The van der Waals surface area contributed by atoms with Gasteiger partial charge in [0, 0.05) is 16.5 Å². The fraction of sp³-hybridized carbons (Fsp3) is 0.294. The minimum absolute atomic E-state index is 0.734. The van der Waals surface area contributed by atoms with E-state index in [2.05, 4.69) is 12.2 Å². The molecule has 0 radical (unpaired) electrons. The van der Waals surface area contributed by atoms with E-state index < -0.39 is 0 Å². The molecule has 2 nitrogen and oxygen atoms in total. The molecule has 1 N–H and O–H groups in total. The summed E-state index contributed by atoms with van der Waals surface area (Å²) in [5, 5.41) is 4.09. The molecule has 0 aromatic heterocycles. The average Bonchev–Trinajstić information content (AvgIpc) is 2.50. The van der Waals surface area contributed by atoms with Crippen molar-refractivity contribution in [2.24, 2.45) is 0 Å². The monoisotopic (exact) mass is 321 g/mol. The van der Waals surface area contributed by atoms with E-state index in [0.717, 1.165) is 46.5 Å². The van der Waals surface area contributed by atoms with Crippen LogP contribution in [0.2, 0.25) is 5.02 Å². The zero-order chi connectivity index (χ0) is 15.1. The van der Waals surface area contributed by atoms with Gasteiger partial charge in [0.15, 0.2) is 0 Å². The van der Waals surface area contributed by atoms with Crippen molar-refractivity contribution in [2.45, 2.75) is 24.8 Å². The zero-order valence-corrected chi connectivity index (χ0v) is 13.9. The summed E-state index contributed by atoms with van der Waals surface area (Å²) in [6.07, 6.45) is 3.15. The molecule has 2 rings (SSSR count). The Bertz CT molecular complexity index is 589. The van der Waals surface area contributed by atoms with Crippen molar-refractivity contribution in [3.05, 3.63) is 53.1 Å². The molecule has 21 heavy (non-hydrogen) atoms. The molecule has 2 aromatic rings. The van der Waals surface area contributed by atoms with Gasteiger partial charge in [0.2, 0.25) is 0 Å². The Morgan fingerprint density at radius 1 is 1.19 bits per heavy atom. The maximum Gasteiger partial charge on any atom is 0.140 e. The van der Waals surface area contributed by atoms with Crippen LogP contribution in [0.15, 0.2) is 47.4 Å². The molecule has 2 aromatic carbocycles. The summed E-state index contributed by atoms with van der Waals surface area (Å²) in [6, 6.07) is 13.9. The molecule has 0 amide bonds. The fourth-order valence-corrected chi connectivity index (χ4v) is 2.73. The van der Waals surface area contributed by atoms with Crippen molar-refractivity contribution in [3.63, 3.8) is 0 Å². The minimum atomic E-state index is 0.734. The van der Waals surface area contributed by atoms with Gasteiger partial charge in [-0.3, -0.25) is 0 Å². The Balaban J connectivity index is 2.09. The van der Waals surface area contributed by atoms with Crippen molar-refractivity contribution < 1.29 is 4.74 Å². The van der Waals surface area contributed by atoms with Gasteiger partial charge < -0.3 is 10.1 Å². The number of benzene rings is 2. The van der Waals surface area contributed by atoms with Crippen LogP contribution in [-0.4, -0.2) is 12.8 Å². The van der Waals surface area contributed by atoms with Crippen LogP contribution in [0.5, 0.6) is 11.5 Å². The van der Waals surface area contributed by atoms with Gasteiger partial charge >= 0.3 is 0 Å². The summed E-state index contributed by atoms with van der Waals surface area (Å²) >= 11 is 7.99. The standard InChI is InChI=1S/C17H20ClNOS/c1-3-10-19-12-13-8-9-14(11-15(13)18)20-16-6-4-5-7-17(16)21-2/h4-9,11,19H,3,10,12H2,1-2H3. The maximum atomic E-state index is 6.32. The molecule has 0 fully saturated rings. The van der Waals surface area contributed by atoms with Crippen LogP contribution >= 0.6 is 23.4 Å². The molecule has 4 heteroatoms. The van der Waals surface area contributed by atoms with Crippen molar-refractivity contribution in [3.8, 4) is 11.5 Å². The van der Waals surface area contributed by atoms with Gasteiger partial charge in [-0.1, -0.05) is 36.7 Å². The van der Waals surface area contributed by atoms with Crippen LogP contribution in [0.1, 0.15) is 18.9 Å². The predicted octanol–water partition coefficient (Wildman–Crippen LogP) is 5.35. The van der Waals surface area contributed by atoms with E-state index in [0.29, 0.717) is 0 Å². The zero-order valence-electron chi connectivity index (χ0n) is 12.4. The van der Waals surface area contributed by atoms with Gasteiger partial charge in [-0.2, -0.15) is 0 Å². The van der Waals surface area contributed by atoms with Crippen LogP contribution in [0.25, 0.3) is 0 Å². The first-order valence-corrected chi connectivity index (χ1v) is 8.65. The number of halogens is 1. The highest BCUT2D eigenvalue weighted by molar-refractivity contribution is 7.98. The van der Waals surface area contributed by atoms with Crippen LogP contribution in [0, 0.1) is 0 Å². The first kappa shape index (κ1) is 16.2. The second kappa shape index (κ2) is 8.32. The van der Waals surface area contributed by atoms with E-state index in [4.69, 9.17) is 16.3 Å². The topological polar surface area (TPSA) is 21.3 Å². The van der Waals surface area contributed by atoms with Crippen LogP contribution < -0.4 is 10.1 Å². The number of para-hydroxylation sites is 1. The van der Waals surface area contributed by atoms with Gasteiger partial charge in [-0.15, -0.1) is 11.8 Å². The number of hydrogen-bond acceptors (Lipinski definition) is 3. The number of thioether (sulfide) groups is 1. The molecular formula is C17H20ClNOS. The summed E-state index contributed by atoms with van der Waals surface area (Å²) in [5.41, 5.74) is 1.09. The smallest absolute Gasteiger partial charge is 0.140 e. The second-order valence-electron chi connectivity index (χ2n) is 4.68. The van der Waals surface area contributed by atoms with E-state index in [-0.39, 0.29) is 0 Å². The lowest BCUT2D eigenvalue weighted by atomic mass is 10.2. The summed E-state index contributed by atoms with van der Waals surface area (Å²) in [7, 11) is 0. The number of nitrogens with one attached hydrogen (secondary N) is 1. The Hall–Kier alpha value is -1.16. The first-order chi connectivity index (χ1) is 10.2. The van der Waals surface area contributed by atoms with E-state index in [1.165, 1.54) is 0 Å². The lowest BCUT2D eigenvalue weighted by molar-refractivity contribution is 0.471. The van der Waals surface area contributed by atoms with Gasteiger partial charge in [0.05, 0.1) is 0 Å². The molecule has 0 saturated heterocycles.